The molecule has 0 amide bonds. The molecule has 6 nitrogen and oxygen atoms in total. The van der Waals surface area contributed by atoms with Gasteiger partial charge in [-0.25, -0.2) is 9.97 Å². The van der Waals surface area contributed by atoms with Crippen molar-refractivity contribution in [2.45, 2.75) is 18.7 Å². The second-order valence-electron chi connectivity index (χ2n) is 18.3. The van der Waals surface area contributed by atoms with Crippen LogP contribution in [-0.4, -0.2) is 275 Å². The van der Waals surface area contributed by atoms with E-state index in [-0.39, 0.29) is 11.1 Å². The maximum atomic E-state index is 12.6. The van der Waals surface area contributed by atoms with E-state index in [1.807, 2.05) is 116 Å². The zero-order valence-corrected chi connectivity index (χ0v) is 43.2. The maximum Gasteiger partial charge on any atom is 0.265 e. The molecule has 0 aliphatic carbocycles. The van der Waals surface area contributed by atoms with Crippen molar-refractivity contribution in [2.75, 3.05) is 0 Å². The predicted molar refractivity (Wildman–Crippen MR) is 364 cm³/mol. The van der Waals surface area contributed by atoms with E-state index in [0.717, 1.165) is 34.7 Å². The summed E-state index contributed by atoms with van der Waals surface area (Å²) in [6.45, 7) is 2.01. The van der Waals surface area contributed by atoms with Gasteiger partial charge in [0.05, 0.1) is 38.5 Å². The third-order valence-corrected chi connectivity index (χ3v) is 13.8. The van der Waals surface area contributed by atoms with Crippen LogP contribution in [0.2, 0.25) is 0 Å². The van der Waals surface area contributed by atoms with Crippen molar-refractivity contribution in [3.63, 3.8) is 0 Å². The first-order valence-corrected chi connectivity index (χ1v) is 25.1. The van der Waals surface area contributed by atoms with Crippen molar-refractivity contribution in [3.8, 4) is 11.4 Å². The zero-order valence-electron chi connectivity index (χ0n) is 41.6. The molecule has 74 heavy (non-hydrogen) atoms. The molecule has 0 aliphatic rings. The Hall–Kier alpha value is -2.02. The molecule has 6 rings (SSSR count). The van der Waals surface area contributed by atoms with Gasteiger partial charge in [-0.15, -0.1) is 0 Å². The van der Waals surface area contributed by atoms with Gasteiger partial charge in [-0.05, 0) is 48.5 Å². The number of hydrogen-bond donors (Lipinski definition) is 0. The Balaban J connectivity index is 0.000000259. The quantitative estimate of drug-likeness (QED) is 0.0565. The lowest BCUT2D eigenvalue weighted by molar-refractivity contribution is 0.833. The number of nitrogens with zero attached hydrogens (tertiary/aromatic N) is 4. The molecule has 296 valence electrons. The summed E-state index contributed by atoms with van der Waals surface area (Å²) in [5.41, 5.74) is 3.15. The van der Waals surface area contributed by atoms with Crippen LogP contribution in [0.5, 0.6) is 0 Å². The normalized spacial score (nSPS) is 10.2. The Morgan fingerprint density at radius 1 is 0.378 bits per heavy atom. The van der Waals surface area contributed by atoms with Gasteiger partial charge in [0.1, 0.15) is 11.6 Å². The topological polar surface area (TPSA) is 69.8 Å². The van der Waals surface area contributed by atoms with Gasteiger partial charge in [0.25, 0.3) is 11.1 Å². The molecule has 2 aromatic heterocycles. The predicted octanol–water partition coefficient (Wildman–Crippen LogP) is -7.48. The van der Waals surface area contributed by atoms with Crippen LogP contribution < -0.4 is 11.1 Å². The van der Waals surface area contributed by atoms with Crippen molar-refractivity contribution >= 4 is 293 Å². The number of benzene rings is 4. The van der Waals surface area contributed by atoms with Crippen LogP contribution in [0, 0.1) is 0 Å². The van der Waals surface area contributed by atoms with E-state index in [1.54, 1.807) is 9.13 Å². The van der Waals surface area contributed by atoms with E-state index in [2.05, 4.69) is 25.9 Å². The minimum Gasteiger partial charge on any atom is -0.268 e. The second-order valence-corrected chi connectivity index (χ2v) is 18.9. The Kier molecular flexibility index (Phi) is 26.5. The summed E-state index contributed by atoms with van der Waals surface area (Å²) < 4.78 is 3.35. The summed E-state index contributed by atoms with van der Waals surface area (Å²) in [5.74, 6) is 1.49. The van der Waals surface area contributed by atoms with E-state index in [4.69, 9.17) is 147 Å². The standard InChI is InChI=1S/C16H14N2O.C15H11BrN2O.B36/c1-2-15-17-14-11-7-6-10-13(14)16(19)18(15)12-8-4-3-5-9-12;16-10-14-17-13-9-5-4-8-12(13)15(19)18(14)11-6-2-1-3-7-11;1-20(2)29(19)34(30(21(3)4)22(5)6)36(33(27(15)16)28(17)18)35(31(23(7)8)24(9)10)32(25(11)12)26(13)14/h3-11H,2H2,1H3;1-9H,10H2;. The maximum absolute atomic E-state index is 12.6. The van der Waals surface area contributed by atoms with E-state index in [1.165, 1.54) is 0 Å². The van der Waals surface area contributed by atoms with Gasteiger partial charge in [-0.3, -0.25) is 18.7 Å². The Labute approximate surface area is 480 Å². The lowest BCUT2D eigenvalue weighted by Gasteiger charge is -2.53. The average Bonchev–Trinajstić information content (AvgIpc) is 3.34. The highest BCUT2D eigenvalue weighted by molar-refractivity contribution is 9.08. The molecular weight excluding hydrogens is 930 g/mol. The number of fused-ring (bicyclic) bond motifs is 2. The molecule has 0 aliphatic heterocycles. The smallest absolute Gasteiger partial charge is 0.265 e. The summed E-state index contributed by atoms with van der Waals surface area (Å²) in [5, 5.41) is 1.82. The number of hydrogen-bond acceptors (Lipinski definition) is 4. The number of halogens is 1. The fourth-order valence-corrected chi connectivity index (χ4v) is 10.4. The Bertz CT molecular complexity index is 2590. The van der Waals surface area contributed by atoms with Gasteiger partial charge >= 0.3 is 0 Å². The van der Waals surface area contributed by atoms with Crippen molar-refractivity contribution in [1.82, 2.24) is 19.1 Å². The first kappa shape index (κ1) is 64.5. The molecule has 0 N–H and O–H groups in total. The number of alkyl halides is 1. The molecule has 0 saturated heterocycles. The van der Waals surface area contributed by atoms with E-state index in [9.17, 15) is 9.59 Å². The molecule has 0 unspecified atom stereocenters. The summed E-state index contributed by atoms with van der Waals surface area (Å²) in [7, 11) is 117. The summed E-state index contributed by atoms with van der Waals surface area (Å²) in [6, 6.07) is 34.1. The minimum absolute atomic E-state index is 0.00588. The minimum atomic E-state index is -1.17. The van der Waals surface area contributed by atoms with Gasteiger partial charge in [0, 0.05) is 262 Å². The number of rotatable bonds is 20. The van der Waals surface area contributed by atoms with Crippen molar-refractivity contribution in [1.29, 1.82) is 0 Å². The lowest BCUT2D eigenvalue weighted by Crippen LogP contribution is -2.91. The molecule has 43 heteroatoms. The Morgan fingerprint density at radius 3 is 0.973 bits per heavy atom. The molecule has 38 radical (unpaired) electrons. The fraction of sp³-hybridized carbons (Fsp3) is 0.0968. The summed E-state index contributed by atoms with van der Waals surface area (Å²) in [6.07, 6.45) is -17.6. The molecule has 2 heterocycles. The highest BCUT2D eigenvalue weighted by atomic mass is 79.9. The van der Waals surface area contributed by atoms with Crippen molar-refractivity contribution in [2.24, 2.45) is 0 Å². The SMILES string of the molecule is CCc1nc2ccccc2c(=O)n1-c1ccccc1.O=c1c2ccccc2nc(CBr)n1-c1ccccc1.[B]B([B])B([B])B(B(B([B])[B])B([B])[B])B(B(B([B])[B])B([B])[B])B(B(B([B])[B])B([B])[B])B(B([B])[B])B([B])[B]. The molecular formula is C31H25B36BrN4O2. The van der Waals surface area contributed by atoms with Gasteiger partial charge in [-0.1, -0.05) is 83.5 Å². The molecule has 0 saturated carbocycles. The Morgan fingerprint density at radius 2 is 0.662 bits per heavy atom. The molecule has 0 atom stereocenters. The van der Waals surface area contributed by atoms with Crippen LogP contribution in [0.3, 0.4) is 0 Å². The van der Waals surface area contributed by atoms with Crippen molar-refractivity contribution in [3.05, 3.63) is 142 Å². The number of para-hydroxylation sites is 4. The summed E-state index contributed by atoms with van der Waals surface area (Å²) >= 11 is 3.40. The van der Waals surface area contributed by atoms with Crippen LogP contribution in [0.15, 0.2) is 119 Å². The van der Waals surface area contributed by atoms with Crippen LogP contribution >= 0.6 is 15.9 Å². The molecule has 0 fully saturated rings. The van der Waals surface area contributed by atoms with Gasteiger partial charge < -0.3 is 0 Å². The lowest BCUT2D eigenvalue weighted by atomic mass is 8.29. The average molecular weight is 955 g/mol. The third kappa shape index (κ3) is 16.1. The van der Waals surface area contributed by atoms with E-state index >= 15 is 0 Å². The van der Waals surface area contributed by atoms with E-state index in [0.29, 0.717) is 21.9 Å². The van der Waals surface area contributed by atoms with Gasteiger partial charge in [-0.2, -0.15) is 0 Å². The third-order valence-electron chi connectivity index (χ3n) is 13.3. The first-order chi connectivity index (χ1) is 34.9. The van der Waals surface area contributed by atoms with Gasteiger partial charge in [0.2, 0.25) is 0 Å². The van der Waals surface area contributed by atoms with Gasteiger partial charge in [0.15, 0.2) is 0 Å². The number of aryl methyl sites for hydroxylation is 1. The second kappa shape index (κ2) is 30.4. The monoisotopic (exact) mass is 960 g/mol. The van der Waals surface area contributed by atoms with Crippen molar-refractivity contribution < 1.29 is 0 Å². The molecule has 0 spiro atoms. The summed E-state index contributed by atoms with van der Waals surface area (Å²) in [4.78, 5) is 34.4. The van der Waals surface area contributed by atoms with Crippen LogP contribution in [0.4, 0.5) is 0 Å². The van der Waals surface area contributed by atoms with Crippen LogP contribution in [-0.2, 0) is 11.8 Å². The van der Waals surface area contributed by atoms with Crippen LogP contribution in [0.1, 0.15) is 18.6 Å². The highest BCUT2D eigenvalue weighted by Gasteiger charge is 2.55. The molecule has 0 bridgehead atoms. The zero-order chi connectivity index (χ0) is 55.3. The van der Waals surface area contributed by atoms with E-state index < -0.39 is 109 Å². The van der Waals surface area contributed by atoms with Crippen LogP contribution in [0.25, 0.3) is 33.2 Å². The highest BCUT2D eigenvalue weighted by Crippen LogP contribution is 2.19. The molecule has 4 aromatic carbocycles. The largest absolute Gasteiger partial charge is 0.268 e. The fourth-order valence-electron chi connectivity index (χ4n) is 10.0. The molecule has 6 aromatic rings. The first-order valence-electron chi connectivity index (χ1n) is 24.0. The number of aromatic nitrogens is 4.